The van der Waals surface area contributed by atoms with Crippen molar-refractivity contribution in [1.29, 1.82) is 0 Å². The van der Waals surface area contributed by atoms with Gasteiger partial charge in [-0.15, -0.1) is 0 Å². The molecule has 0 bridgehead atoms. The zero-order chi connectivity index (χ0) is 15.9. The van der Waals surface area contributed by atoms with Crippen LogP contribution in [0.5, 0.6) is 0 Å². The highest BCUT2D eigenvalue weighted by Gasteiger charge is 2.33. The van der Waals surface area contributed by atoms with Crippen LogP contribution < -0.4 is 5.73 Å². The topological polar surface area (TPSA) is 66.6 Å². The minimum absolute atomic E-state index is 0.259. The Bertz CT molecular complexity index is 312. The molecule has 4 heteroatoms. The van der Waals surface area contributed by atoms with Gasteiger partial charge in [0.15, 0.2) is 0 Å². The van der Waals surface area contributed by atoms with Crippen LogP contribution in [0.4, 0.5) is 4.79 Å². The normalized spacial score (nSPS) is 23.0. The highest BCUT2D eigenvalue weighted by Crippen LogP contribution is 2.39. The van der Waals surface area contributed by atoms with Crippen molar-refractivity contribution in [3.05, 3.63) is 0 Å². The molecule has 2 atom stereocenters. The fraction of sp³-hybridized carbons (Fsp3) is 0.941. The van der Waals surface area contributed by atoms with Gasteiger partial charge >= 0.3 is 6.03 Å². The Morgan fingerprint density at radius 3 is 2.43 bits per heavy atom. The van der Waals surface area contributed by atoms with E-state index in [0.717, 1.165) is 45.1 Å². The van der Waals surface area contributed by atoms with E-state index in [1.54, 1.807) is 0 Å². The van der Waals surface area contributed by atoms with Gasteiger partial charge in [-0.25, -0.2) is 4.79 Å². The summed E-state index contributed by atoms with van der Waals surface area (Å²) in [5.74, 6) is 0.674. The van der Waals surface area contributed by atoms with Crippen LogP contribution >= 0.6 is 0 Å². The summed E-state index contributed by atoms with van der Waals surface area (Å²) in [6, 6.07) is 0.0510. The molecule has 3 N–H and O–H groups in total. The molecule has 0 aromatic heterocycles. The van der Waals surface area contributed by atoms with Crippen molar-refractivity contribution < 1.29 is 9.90 Å². The average Bonchev–Trinajstić information content (AvgIpc) is 2.41. The molecule has 2 unspecified atom stereocenters. The van der Waals surface area contributed by atoms with Crippen LogP contribution in [0.15, 0.2) is 0 Å². The Hall–Kier alpha value is -0.770. The standard InChI is InChI=1S/C17H34N2O2/c1-17(2,3)14-9-8-10-15(13-14)19(16(18)21)11-6-4-5-7-12-20/h14-15,20H,4-13H2,1-3H3,(H2,18,21). The number of hydrogen-bond acceptors (Lipinski definition) is 2. The fourth-order valence-electron chi connectivity index (χ4n) is 3.45. The number of carbonyl (C=O) groups is 1. The smallest absolute Gasteiger partial charge is 0.315 e. The van der Waals surface area contributed by atoms with E-state index >= 15 is 0 Å². The third kappa shape index (κ3) is 6.25. The first-order chi connectivity index (χ1) is 9.86. The van der Waals surface area contributed by atoms with Crippen molar-refractivity contribution in [2.75, 3.05) is 13.2 Å². The van der Waals surface area contributed by atoms with Gasteiger partial charge in [0.25, 0.3) is 0 Å². The first-order valence-corrected chi connectivity index (χ1v) is 8.53. The van der Waals surface area contributed by atoms with Crippen LogP contribution in [-0.2, 0) is 0 Å². The summed E-state index contributed by atoms with van der Waals surface area (Å²) in [5, 5.41) is 8.79. The highest BCUT2D eigenvalue weighted by molar-refractivity contribution is 5.72. The molecule has 0 radical (unpaired) electrons. The minimum atomic E-state index is -0.267. The molecule has 1 aliphatic rings. The molecule has 0 heterocycles. The van der Waals surface area contributed by atoms with Gasteiger partial charge in [0.05, 0.1) is 0 Å². The van der Waals surface area contributed by atoms with Crippen LogP contribution in [0.3, 0.4) is 0 Å². The fourth-order valence-corrected chi connectivity index (χ4v) is 3.45. The van der Waals surface area contributed by atoms with Crippen LogP contribution in [0, 0.1) is 11.3 Å². The lowest BCUT2D eigenvalue weighted by Gasteiger charge is -2.41. The van der Waals surface area contributed by atoms with Crippen molar-refractivity contribution in [2.24, 2.45) is 17.1 Å². The molecule has 0 spiro atoms. The summed E-state index contributed by atoms with van der Waals surface area (Å²) in [6.45, 7) is 7.91. The summed E-state index contributed by atoms with van der Waals surface area (Å²) in [7, 11) is 0. The number of aliphatic hydroxyl groups excluding tert-OH is 1. The SMILES string of the molecule is CC(C)(C)C1CCCC(N(CCCCCCO)C(N)=O)C1. The summed E-state index contributed by atoms with van der Waals surface area (Å²) in [5.41, 5.74) is 5.92. The van der Waals surface area contributed by atoms with E-state index in [1.807, 2.05) is 4.90 Å². The first-order valence-electron chi connectivity index (χ1n) is 8.53. The number of nitrogens with two attached hydrogens (primary N) is 1. The quantitative estimate of drug-likeness (QED) is 0.706. The maximum Gasteiger partial charge on any atom is 0.315 e. The predicted molar refractivity (Wildman–Crippen MR) is 87.0 cm³/mol. The summed E-state index contributed by atoms with van der Waals surface area (Å²) >= 11 is 0. The molecule has 1 rings (SSSR count). The van der Waals surface area contributed by atoms with Gasteiger partial charge in [-0.05, 0) is 43.4 Å². The number of unbranched alkanes of at least 4 members (excludes halogenated alkanes) is 3. The van der Waals surface area contributed by atoms with Crippen LogP contribution in [-0.4, -0.2) is 35.2 Å². The van der Waals surface area contributed by atoms with Gasteiger partial charge in [0.2, 0.25) is 0 Å². The van der Waals surface area contributed by atoms with Crippen molar-refractivity contribution in [3.8, 4) is 0 Å². The van der Waals surface area contributed by atoms with Crippen LogP contribution in [0.1, 0.15) is 72.1 Å². The van der Waals surface area contributed by atoms with Gasteiger partial charge in [0, 0.05) is 19.2 Å². The summed E-state index contributed by atoms with van der Waals surface area (Å²) < 4.78 is 0. The molecule has 1 aliphatic carbocycles. The number of nitrogens with zero attached hydrogens (tertiary/aromatic N) is 1. The molecule has 21 heavy (non-hydrogen) atoms. The van der Waals surface area contributed by atoms with E-state index in [0.29, 0.717) is 17.4 Å². The number of urea groups is 1. The molecular formula is C17H34N2O2. The number of amides is 2. The second-order valence-corrected chi connectivity index (χ2v) is 7.55. The average molecular weight is 298 g/mol. The number of carbonyl (C=O) groups excluding carboxylic acids is 1. The van der Waals surface area contributed by atoms with Crippen molar-refractivity contribution in [1.82, 2.24) is 4.90 Å². The Morgan fingerprint density at radius 2 is 1.86 bits per heavy atom. The second kappa shape index (κ2) is 8.62. The first kappa shape index (κ1) is 18.3. The van der Waals surface area contributed by atoms with Gasteiger partial charge in [-0.1, -0.05) is 40.0 Å². The summed E-state index contributed by atoms with van der Waals surface area (Å²) in [6.07, 6.45) is 8.56. The zero-order valence-electron chi connectivity index (χ0n) is 14.1. The lowest BCUT2D eigenvalue weighted by Crippen LogP contribution is -2.47. The van der Waals surface area contributed by atoms with Crippen LogP contribution in [0.2, 0.25) is 0 Å². The van der Waals surface area contributed by atoms with Crippen molar-refractivity contribution in [3.63, 3.8) is 0 Å². The van der Waals surface area contributed by atoms with E-state index < -0.39 is 0 Å². The van der Waals surface area contributed by atoms with Gasteiger partial charge in [-0.3, -0.25) is 0 Å². The molecule has 0 aliphatic heterocycles. The molecule has 2 amide bonds. The van der Waals surface area contributed by atoms with Gasteiger partial charge < -0.3 is 15.7 Å². The largest absolute Gasteiger partial charge is 0.396 e. The summed E-state index contributed by atoms with van der Waals surface area (Å²) in [4.78, 5) is 13.7. The predicted octanol–water partition coefficient (Wildman–Crippen LogP) is 3.52. The van der Waals surface area contributed by atoms with Gasteiger partial charge in [0.1, 0.15) is 0 Å². The lowest BCUT2D eigenvalue weighted by atomic mass is 9.70. The van der Waals surface area contributed by atoms with E-state index in [4.69, 9.17) is 10.8 Å². The maximum absolute atomic E-state index is 11.8. The third-order valence-corrected chi connectivity index (χ3v) is 4.90. The molecule has 1 saturated carbocycles. The Balaban J connectivity index is 2.49. The monoisotopic (exact) mass is 298 g/mol. The number of primary amides is 1. The Labute approximate surface area is 130 Å². The van der Waals surface area contributed by atoms with Crippen molar-refractivity contribution >= 4 is 6.03 Å². The van der Waals surface area contributed by atoms with Crippen LogP contribution in [0.25, 0.3) is 0 Å². The molecule has 0 aromatic rings. The Kier molecular flexibility index (Phi) is 7.50. The van der Waals surface area contributed by atoms with Crippen molar-refractivity contribution in [2.45, 2.75) is 78.2 Å². The number of rotatable bonds is 7. The van der Waals surface area contributed by atoms with E-state index in [2.05, 4.69) is 20.8 Å². The number of hydrogen-bond donors (Lipinski definition) is 2. The molecular weight excluding hydrogens is 264 g/mol. The lowest BCUT2D eigenvalue weighted by molar-refractivity contribution is 0.0993. The minimum Gasteiger partial charge on any atom is -0.396 e. The van der Waals surface area contributed by atoms with E-state index in [1.165, 1.54) is 12.8 Å². The molecule has 0 saturated heterocycles. The van der Waals surface area contributed by atoms with E-state index in [-0.39, 0.29) is 12.6 Å². The van der Waals surface area contributed by atoms with E-state index in [9.17, 15) is 4.79 Å². The third-order valence-electron chi connectivity index (χ3n) is 4.90. The number of aliphatic hydroxyl groups is 1. The second-order valence-electron chi connectivity index (χ2n) is 7.55. The molecule has 0 aromatic carbocycles. The molecule has 4 nitrogen and oxygen atoms in total. The Morgan fingerprint density at radius 1 is 1.19 bits per heavy atom. The molecule has 124 valence electrons. The van der Waals surface area contributed by atoms with Gasteiger partial charge in [-0.2, -0.15) is 0 Å². The maximum atomic E-state index is 11.8. The highest BCUT2D eigenvalue weighted by atomic mass is 16.2. The zero-order valence-corrected chi connectivity index (χ0v) is 14.1. The molecule has 1 fully saturated rings.